The second kappa shape index (κ2) is 7.80. The summed E-state index contributed by atoms with van der Waals surface area (Å²) < 4.78 is 0. The molecule has 0 aliphatic carbocycles. The molecule has 0 spiro atoms. The average molecular weight is 200 g/mol. The van der Waals surface area contributed by atoms with Crippen molar-refractivity contribution in [3.63, 3.8) is 0 Å². The van der Waals surface area contributed by atoms with Crippen LogP contribution in [0.2, 0.25) is 0 Å². The SMILES string of the molecule is CCCN(CCC)C(=O)CN(C)CC. The van der Waals surface area contributed by atoms with Gasteiger partial charge in [-0.2, -0.15) is 0 Å². The van der Waals surface area contributed by atoms with Crippen molar-refractivity contribution in [3.8, 4) is 0 Å². The molecule has 0 N–H and O–H groups in total. The zero-order valence-electron chi connectivity index (χ0n) is 10.0. The van der Waals surface area contributed by atoms with Gasteiger partial charge in [0.05, 0.1) is 6.54 Å². The van der Waals surface area contributed by atoms with Gasteiger partial charge in [0.2, 0.25) is 5.91 Å². The summed E-state index contributed by atoms with van der Waals surface area (Å²) in [4.78, 5) is 15.8. The van der Waals surface area contributed by atoms with E-state index in [4.69, 9.17) is 0 Å². The topological polar surface area (TPSA) is 23.6 Å². The summed E-state index contributed by atoms with van der Waals surface area (Å²) in [5, 5.41) is 0. The Balaban J connectivity index is 4.00. The summed E-state index contributed by atoms with van der Waals surface area (Å²) >= 11 is 0. The average Bonchev–Trinajstić information content (AvgIpc) is 2.17. The van der Waals surface area contributed by atoms with Crippen LogP contribution in [-0.4, -0.2) is 48.9 Å². The molecule has 0 saturated carbocycles. The summed E-state index contributed by atoms with van der Waals surface area (Å²) in [6.45, 7) is 9.55. The van der Waals surface area contributed by atoms with Crippen molar-refractivity contribution in [3.05, 3.63) is 0 Å². The lowest BCUT2D eigenvalue weighted by atomic mass is 10.3. The largest absolute Gasteiger partial charge is 0.342 e. The van der Waals surface area contributed by atoms with Gasteiger partial charge < -0.3 is 4.90 Å². The van der Waals surface area contributed by atoms with Crippen LogP contribution in [0.5, 0.6) is 0 Å². The number of nitrogens with zero attached hydrogens (tertiary/aromatic N) is 2. The highest BCUT2D eigenvalue weighted by Gasteiger charge is 2.12. The van der Waals surface area contributed by atoms with Gasteiger partial charge in [0, 0.05) is 13.1 Å². The highest BCUT2D eigenvalue weighted by molar-refractivity contribution is 5.78. The first-order valence-corrected chi connectivity index (χ1v) is 5.61. The molecule has 0 aromatic heterocycles. The third-order valence-electron chi connectivity index (χ3n) is 2.28. The maximum Gasteiger partial charge on any atom is 0.236 e. The number of rotatable bonds is 7. The Hall–Kier alpha value is -0.570. The van der Waals surface area contributed by atoms with Crippen LogP contribution >= 0.6 is 0 Å². The Morgan fingerprint density at radius 2 is 1.57 bits per heavy atom. The minimum Gasteiger partial charge on any atom is -0.342 e. The monoisotopic (exact) mass is 200 g/mol. The second-order valence-corrected chi connectivity index (χ2v) is 3.71. The molecule has 0 heterocycles. The maximum atomic E-state index is 11.8. The zero-order valence-corrected chi connectivity index (χ0v) is 10.0. The molecule has 84 valence electrons. The summed E-state index contributed by atoms with van der Waals surface area (Å²) in [7, 11) is 1.98. The smallest absolute Gasteiger partial charge is 0.236 e. The third-order valence-corrected chi connectivity index (χ3v) is 2.28. The molecule has 0 atom stereocenters. The molecule has 0 aliphatic heterocycles. The first kappa shape index (κ1) is 13.4. The normalized spacial score (nSPS) is 10.6. The van der Waals surface area contributed by atoms with Gasteiger partial charge in [-0.05, 0) is 26.4 Å². The number of hydrogen-bond donors (Lipinski definition) is 0. The van der Waals surface area contributed by atoms with E-state index in [1.165, 1.54) is 0 Å². The molecular weight excluding hydrogens is 176 g/mol. The molecule has 0 saturated heterocycles. The van der Waals surface area contributed by atoms with E-state index < -0.39 is 0 Å². The van der Waals surface area contributed by atoms with E-state index in [9.17, 15) is 4.79 Å². The van der Waals surface area contributed by atoms with E-state index in [1.807, 2.05) is 16.8 Å². The molecule has 3 heteroatoms. The fourth-order valence-electron chi connectivity index (χ4n) is 1.34. The lowest BCUT2D eigenvalue weighted by Gasteiger charge is -2.24. The standard InChI is InChI=1S/C11H24N2O/c1-5-8-13(9-6-2)11(14)10-12(4)7-3/h5-10H2,1-4H3. The van der Waals surface area contributed by atoms with Crippen molar-refractivity contribution < 1.29 is 4.79 Å². The van der Waals surface area contributed by atoms with Gasteiger partial charge in [-0.25, -0.2) is 0 Å². The Bertz CT molecular complexity index is 153. The summed E-state index contributed by atoms with van der Waals surface area (Å²) in [5.74, 6) is 0.262. The van der Waals surface area contributed by atoms with Crippen molar-refractivity contribution in [2.75, 3.05) is 33.2 Å². The van der Waals surface area contributed by atoms with Gasteiger partial charge in [0.1, 0.15) is 0 Å². The number of carbonyl (C=O) groups is 1. The lowest BCUT2D eigenvalue weighted by Crippen LogP contribution is -2.39. The molecule has 3 nitrogen and oxygen atoms in total. The molecule has 0 aliphatic rings. The summed E-state index contributed by atoms with van der Waals surface area (Å²) in [5.41, 5.74) is 0. The number of carbonyl (C=O) groups excluding carboxylic acids is 1. The molecule has 0 aromatic carbocycles. The molecule has 0 rings (SSSR count). The van der Waals surface area contributed by atoms with Crippen LogP contribution < -0.4 is 0 Å². The number of likely N-dealkylation sites (N-methyl/N-ethyl adjacent to an activating group) is 1. The van der Waals surface area contributed by atoms with Gasteiger partial charge in [0.25, 0.3) is 0 Å². The Labute approximate surface area is 88.1 Å². The van der Waals surface area contributed by atoms with E-state index >= 15 is 0 Å². The molecule has 0 aromatic rings. The molecule has 14 heavy (non-hydrogen) atoms. The quantitative estimate of drug-likeness (QED) is 0.623. The highest BCUT2D eigenvalue weighted by atomic mass is 16.2. The number of amides is 1. The fraction of sp³-hybridized carbons (Fsp3) is 0.909. The predicted octanol–water partition coefficient (Wildman–Crippen LogP) is 1.59. The molecule has 0 radical (unpaired) electrons. The molecule has 0 bridgehead atoms. The maximum absolute atomic E-state index is 11.8. The Morgan fingerprint density at radius 1 is 1.07 bits per heavy atom. The van der Waals surface area contributed by atoms with Gasteiger partial charge >= 0.3 is 0 Å². The van der Waals surface area contributed by atoms with E-state index in [0.29, 0.717) is 6.54 Å². The van der Waals surface area contributed by atoms with Crippen LogP contribution in [0, 0.1) is 0 Å². The van der Waals surface area contributed by atoms with Crippen LogP contribution in [0.4, 0.5) is 0 Å². The van der Waals surface area contributed by atoms with E-state index in [2.05, 4.69) is 20.8 Å². The Morgan fingerprint density at radius 3 is 1.93 bits per heavy atom. The minimum absolute atomic E-state index is 0.262. The van der Waals surface area contributed by atoms with Crippen LogP contribution in [0.15, 0.2) is 0 Å². The fourth-order valence-corrected chi connectivity index (χ4v) is 1.34. The van der Waals surface area contributed by atoms with Crippen molar-refractivity contribution in [2.24, 2.45) is 0 Å². The minimum atomic E-state index is 0.262. The first-order chi connectivity index (χ1) is 6.65. The third kappa shape index (κ3) is 5.22. The second-order valence-electron chi connectivity index (χ2n) is 3.71. The van der Waals surface area contributed by atoms with Gasteiger partial charge in [-0.15, -0.1) is 0 Å². The van der Waals surface area contributed by atoms with Crippen molar-refractivity contribution >= 4 is 5.91 Å². The van der Waals surface area contributed by atoms with Crippen LogP contribution in [0.1, 0.15) is 33.6 Å². The molecular formula is C11H24N2O. The van der Waals surface area contributed by atoms with Crippen LogP contribution in [0.25, 0.3) is 0 Å². The van der Waals surface area contributed by atoms with Crippen molar-refractivity contribution in [1.29, 1.82) is 0 Å². The molecule has 0 fully saturated rings. The van der Waals surface area contributed by atoms with Crippen LogP contribution in [-0.2, 0) is 4.79 Å². The van der Waals surface area contributed by atoms with E-state index in [0.717, 1.165) is 32.5 Å². The highest BCUT2D eigenvalue weighted by Crippen LogP contribution is 1.96. The Kier molecular flexibility index (Phi) is 7.48. The van der Waals surface area contributed by atoms with Crippen molar-refractivity contribution in [1.82, 2.24) is 9.80 Å². The van der Waals surface area contributed by atoms with Gasteiger partial charge in [0.15, 0.2) is 0 Å². The van der Waals surface area contributed by atoms with E-state index in [-0.39, 0.29) is 5.91 Å². The number of hydrogen-bond acceptors (Lipinski definition) is 2. The first-order valence-electron chi connectivity index (χ1n) is 5.61. The van der Waals surface area contributed by atoms with Gasteiger partial charge in [-0.1, -0.05) is 20.8 Å². The lowest BCUT2D eigenvalue weighted by molar-refractivity contribution is -0.132. The molecule has 0 unspecified atom stereocenters. The van der Waals surface area contributed by atoms with E-state index in [1.54, 1.807) is 0 Å². The zero-order chi connectivity index (χ0) is 11.0. The van der Waals surface area contributed by atoms with Crippen molar-refractivity contribution in [2.45, 2.75) is 33.6 Å². The summed E-state index contributed by atoms with van der Waals surface area (Å²) in [6.07, 6.45) is 2.09. The van der Waals surface area contributed by atoms with Gasteiger partial charge in [-0.3, -0.25) is 9.69 Å². The molecule has 1 amide bonds. The summed E-state index contributed by atoms with van der Waals surface area (Å²) in [6, 6.07) is 0. The van der Waals surface area contributed by atoms with Crippen LogP contribution in [0.3, 0.4) is 0 Å². The predicted molar refractivity (Wildman–Crippen MR) is 60.3 cm³/mol.